The Labute approximate surface area is 234 Å². The third kappa shape index (κ3) is 7.01. The summed E-state index contributed by atoms with van der Waals surface area (Å²) in [5, 5.41) is 18.7. The molecule has 1 saturated heterocycles. The van der Waals surface area contributed by atoms with Gasteiger partial charge in [-0.1, -0.05) is 11.8 Å². The number of anilines is 3. The van der Waals surface area contributed by atoms with Crippen LogP contribution in [0.25, 0.3) is 0 Å². The van der Waals surface area contributed by atoms with Gasteiger partial charge in [-0.2, -0.15) is 10.2 Å². The Morgan fingerprint density at radius 1 is 1.10 bits per heavy atom. The molecule has 2 saturated carbocycles. The molecule has 10 heteroatoms. The van der Waals surface area contributed by atoms with Crippen LogP contribution in [0.1, 0.15) is 70.4 Å². The Balaban J connectivity index is 1.16. The van der Waals surface area contributed by atoms with Crippen molar-refractivity contribution < 1.29 is 14.3 Å². The molecule has 2 heterocycles. The first kappa shape index (κ1) is 27.3. The number of ether oxygens (including phenoxy) is 1. The number of likely N-dealkylation sites (tertiary alicyclic amines) is 1. The van der Waals surface area contributed by atoms with Crippen molar-refractivity contribution in [3.05, 3.63) is 41.6 Å². The second-order valence-corrected chi connectivity index (χ2v) is 11.7. The minimum absolute atomic E-state index is 0.0483. The van der Waals surface area contributed by atoms with E-state index in [1.54, 1.807) is 23.2 Å². The van der Waals surface area contributed by atoms with E-state index in [-0.39, 0.29) is 17.9 Å². The van der Waals surface area contributed by atoms with Crippen LogP contribution in [0.4, 0.5) is 22.2 Å². The lowest BCUT2D eigenvalue weighted by atomic mass is 9.80. The second kappa shape index (κ2) is 11.4. The fourth-order valence-corrected chi connectivity index (χ4v) is 4.73. The first-order valence-corrected chi connectivity index (χ1v) is 13.9. The highest BCUT2D eigenvalue weighted by Gasteiger charge is 2.39. The highest BCUT2D eigenvalue weighted by molar-refractivity contribution is 5.86. The Bertz CT molecular complexity index is 1360. The molecule has 1 atom stereocenters. The molecule has 10 nitrogen and oxygen atoms in total. The van der Waals surface area contributed by atoms with Crippen molar-refractivity contribution in [1.82, 2.24) is 20.2 Å². The van der Waals surface area contributed by atoms with E-state index in [4.69, 9.17) is 10.00 Å². The van der Waals surface area contributed by atoms with Crippen LogP contribution < -0.4 is 16.0 Å². The predicted molar refractivity (Wildman–Crippen MR) is 151 cm³/mol. The molecule has 1 aliphatic heterocycles. The summed E-state index contributed by atoms with van der Waals surface area (Å²) < 4.78 is 5.48. The summed E-state index contributed by atoms with van der Waals surface area (Å²) in [5.41, 5.74) is 1.53. The molecule has 0 bridgehead atoms. The Morgan fingerprint density at radius 3 is 2.52 bits per heavy atom. The van der Waals surface area contributed by atoms with Crippen LogP contribution in [0.5, 0.6) is 0 Å². The summed E-state index contributed by atoms with van der Waals surface area (Å²) in [4.78, 5) is 36.1. The molecular formula is C30H35N7O3. The maximum atomic E-state index is 12.9. The van der Waals surface area contributed by atoms with Crippen LogP contribution in [-0.4, -0.2) is 57.1 Å². The molecule has 2 aromatic rings. The van der Waals surface area contributed by atoms with Gasteiger partial charge in [0.1, 0.15) is 17.5 Å². The van der Waals surface area contributed by atoms with Gasteiger partial charge in [0.25, 0.3) is 0 Å². The number of carbonyl (C=O) groups excluding carboxylic acids is 2. The molecular weight excluding hydrogens is 506 g/mol. The number of nitriles is 1. The summed E-state index contributed by atoms with van der Waals surface area (Å²) in [6.07, 6.45) is 6.46. The lowest BCUT2D eigenvalue weighted by molar-refractivity contribution is -0.126. The Hall–Kier alpha value is -4.31. The zero-order chi connectivity index (χ0) is 28.3. The number of hydrogen-bond donors (Lipinski definition) is 3. The van der Waals surface area contributed by atoms with E-state index < -0.39 is 17.7 Å². The van der Waals surface area contributed by atoms with Crippen molar-refractivity contribution in [3.63, 3.8) is 0 Å². The Morgan fingerprint density at radius 2 is 1.85 bits per heavy atom. The predicted octanol–water partition coefficient (Wildman–Crippen LogP) is 4.31. The number of carbonyl (C=O) groups is 2. The zero-order valence-corrected chi connectivity index (χ0v) is 23.2. The van der Waals surface area contributed by atoms with Crippen LogP contribution in [0.3, 0.4) is 0 Å². The highest BCUT2D eigenvalue weighted by atomic mass is 16.6. The molecule has 208 valence electrons. The molecule has 2 aliphatic carbocycles. The number of rotatable bonds is 6. The maximum Gasteiger partial charge on any atom is 0.410 e. The third-order valence-corrected chi connectivity index (χ3v) is 7.06. The third-order valence-electron chi connectivity index (χ3n) is 7.06. The molecule has 2 amide bonds. The summed E-state index contributed by atoms with van der Waals surface area (Å²) in [5.74, 6) is 7.77. The zero-order valence-electron chi connectivity index (χ0n) is 23.2. The highest BCUT2D eigenvalue weighted by Crippen LogP contribution is 2.30. The summed E-state index contributed by atoms with van der Waals surface area (Å²) >= 11 is 0. The first-order valence-electron chi connectivity index (χ1n) is 13.9. The minimum Gasteiger partial charge on any atom is -0.444 e. The number of nitrogens with one attached hydrogen (secondary N) is 3. The Kier molecular flexibility index (Phi) is 7.79. The van der Waals surface area contributed by atoms with Gasteiger partial charge in [0.05, 0.1) is 23.4 Å². The van der Waals surface area contributed by atoms with Gasteiger partial charge in [0.2, 0.25) is 11.9 Å². The van der Waals surface area contributed by atoms with Crippen molar-refractivity contribution >= 4 is 29.5 Å². The maximum absolute atomic E-state index is 12.9. The second-order valence-electron chi connectivity index (χ2n) is 11.7. The topological polar surface area (TPSA) is 132 Å². The SMILES string of the molecule is CC(C)(C)OC(=O)N1CCCC1C(=O)NC1CC(C#Cc2cnc(Nc3ccc(C#N)cc3)nc2NC2CC2)C1. The van der Waals surface area contributed by atoms with Gasteiger partial charge in [-0.05, 0) is 83.6 Å². The van der Waals surface area contributed by atoms with Crippen LogP contribution in [0, 0.1) is 29.1 Å². The number of aromatic nitrogens is 2. The molecule has 3 N–H and O–H groups in total. The van der Waals surface area contributed by atoms with E-state index >= 15 is 0 Å². The summed E-state index contributed by atoms with van der Waals surface area (Å²) in [6.45, 7) is 6.01. The standard InChI is InChI=1S/C30H35N7O3/c1-30(2,3)40-29(39)37-14-4-5-25(37)27(38)34-24-15-20(16-24)6-9-21-18-32-28(36-26(21)33-22-12-13-22)35-23-10-7-19(17-31)8-11-23/h7-8,10-11,18,20,22,24-25H,4-5,12-16H2,1-3H3,(H,34,38)(H2,32,33,35,36). The van der Waals surface area contributed by atoms with Gasteiger partial charge in [0.15, 0.2) is 0 Å². The molecule has 5 rings (SSSR count). The minimum atomic E-state index is -0.596. The van der Waals surface area contributed by atoms with Crippen LogP contribution in [-0.2, 0) is 9.53 Å². The van der Waals surface area contributed by atoms with Gasteiger partial charge in [0, 0.05) is 30.2 Å². The lowest BCUT2D eigenvalue weighted by Crippen LogP contribution is -2.52. The van der Waals surface area contributed by atoms with Crippen molar-refractivity contribution in [2.75, 3.05) is 17.2 Å². The average Bonchev–Trinajstić information content (AvgIpc) is 3.56. The number of hydrogen-bond acceptors (Lipinski definition) is 8. The van der Waals surface area contributed by atoms with Crippen LogP contribution >= 0.6 is 0 Å². The quantitative estimate of drug-likeness (QED) is 0.461. The van der Waals surface area contributed by atoms with Gasteiger partial charge < -0.3 is 20.7 Å². The molecule has 1 aromatic carbocycles. The molecule has 3 aliphatic rings. The van der Waals surface area contributed by atoms with Gasteiger partial charge >= 0.3 is 6.09 Å². The summed E-state index contributed by atoms with van der Waals surface area (Å²) in [7, 11) is 0. The largest absolute Gasteiger partial charge is 0.444 e. The van der Waals surface area contributed by atoms with Crippen molar-refractivity contribution in [1.29, 1.82) is 5.26 Å². The first-order chi connectivity index (χ1) is 19.2. The molecule has 3 fully saturated rings. The monoisotopic (exact) mass is 541 g/mol. The van der Waals surface area contributed by atoms with Gasteiger partial charge in [-0.15, -0.1) is 0 Å². The van der Waals surface area contributed by atoms with E-state index in [0.717, 1.165) is 43.4 Å². The average molecular weight is 542 g/mol. The van der Waals surface area contributed by atoms with Crippen molar-refractivity contribution in [3.8, 4) is 17.9 Å². The fourth-order valence-electron chi connectivity index (χ4n) is 4.73. The van der Waals surface area contributed by atoms with Crippen LogP contribution in [0.15, 0.2) is 30.5 Å². The van der Waals surface area contributed by atoms with E-state index in [0.29, 0.717) is 36.3 Å². The molecule has 1 unspecified atom stereocenters. The van der Waals surface area contributed by atoms with Crippen molar-refractivity contribution in [2.45, 2.75) is 83.0 Å². The normalized spacial score (nSPS) is 21.8. The van der Waals surface area contributed by atoms with E-state index in [1.165, 1.54) is 0 Å². The molecule has 0 spiro atoms. The summed E-state index contributed by atoms with van der Waals surface area (Å²) in [6, 6.07) is 9.19. The van der Waals surface area contributed by atoms with E-state index in [2.05, 4.69) is 43.8 Å². The lowest BCUT2D eigenvalue weighted by Gasteiger charge is -2.34. The fraction of sp³-hybridized carbons (Fsp3) is 0.500. The number of nitrogens with zero attached hydrogens (tertiary/aromatic N) is 4. The van der Waals surface area contributed by atoms with Crippen molar-refractivity contribution in [2.24, 2.45) is 5.92 Å². The van der Waals surface area contributed by atoms with Crippen LogP contribution in [0.2, 0.25) is 0 Å². The number of benzene rings is 1. The van der Waals surface area contributed by atoms with E-state index in [9.17, 15) is 9.59 Å². The molecule has 0 radical (unpaired) electrons. The number of amides is 2. The smallest absolute Gasteiger partial charge is 0.410 e. The van der Waals surface area contributed by atoms with Gasteiger partial charge in [-0.3, -0.25) is 9.69 Å². The van der Waals surface area contributed by atoms with Gasteiger partial charge in [-0.25, -0.2) is 9.78 Å². The molecule has 40 heavy (non-hydrogen) atoms. The molecule has 1 aromatic heterocycles. The van der Waals surface area contributed by atoms with E-state index in [1.807, 2.05) is 32.9 Å².